The minimum atomic E-state index is 0.0509. The molecule has 0 unspecified atom stereocenters. The van der Waals surface area contributed by atoms with Crippen molar-refractivity contribution in [1.82, 2.24) is 10.6 Å². The van der Waals surface area contributed by atoms with E-state index >= 15 is 0 Å². The van der Waals surface area contributed by atoms with Crippen molar-refractivity contribution in [2.45, 2.75) is 24.9 Å². The van der Waals surface area contributed by atoms with E-state index in [1.165, 1.54) is 0 Å². The van der Waals surface area contributed by atoms with Gasteiger partial charge in [-0.25, -0.2) is 0 Å². The Morgan fingerprint density at radius 1 is 1.00 bits per heavy atom. The monoisotopic (exact) mass is 140 g/mol. The lowest BCUT2D eigenvalue weighted by atomic mass is 10.1. The van der Waals surface area contributed by atoms with Crippen molar-refractivity contribution in [1.29, 1.82) is 0 Å². The van der Waals surface area contributed by atoms with Crippen LogP contribution >= 0.6 is 0 Å². The predicted molar refractivity (Wildman–Crippen MR) is 33.1 cm³/mol. The highest BCUT2D eigenvalue weighted by molar-refractivity contribution is 5.87. The van der Waals surface area contributed by atoms with E-state index in [0.29, 0.717) is 12.8 Å². The van der Waals surface area contributed by atoms with Crippen LogP contribution in [0.25, 0.3) is 0 Å². The van der Waals surface area contributed by atoms with Crippen molar-refractivity contribution in [3.63, 3.8) is 0 Å². The van der Waals surface area contributed by atoms with Crippen LogP contribution in [0.3, 0.4) is 0 Å². The fourth-order valence-electron chi connectivity index (χ4n) is 1.52. The third kappa shape index (κ3) is 0.683. The van der Waals surface area contributed by atoms with Crippen LogP contribution in [0, 0.1) is 0 Å². The Morgan fingerprint density at radius 3 is 1.80 bits per heavy atom. The van der Waals surface area contributed by atoms with Crippen LogP contribution in [-0.4, -0.2) is 23.9 Å². The van der Waals surface area contributed by atoms with E-state index in [-0.39, 0.29) is 23.9 Å². The van der Waals surface area contributed by atoms with Gasteiger partial charge in [-0.05, 0) is 0 Å². The number of hydrogen-bond acceptors (Lipinski definition) is 2. The standard InChI is InChI=1S/C6H8N2O2/c9-5-1-3-4(8-5)2-6(10)7-3/h3-4H,1-2H2,(H,7,10)(H,8,9)/t3-,4-/m1/s1. The van der Waals surface area contributed by atoms with Gasteiger partial charge in [-0.15, -0.1) is 0 Å². The van der Waals surface area contributed by atoms with Crippen LogP contribution in [0.2, 0.25) is 0 Å². The molecule has 0 spiro atoms. The van der Waals surface area contributed by atoms with Crippen molar-refractivity contribution in [3.8, 4) is 0 Å². The van der Waals surface area contributed by atoms with Gasteiger partial charge in [0.05, 0.1) is 12.1 Å². The molecule has 0 bridgehead atoms. The lowest BCUT2D eigenvalue weighted by Crippen LogP contribution is -2.30. The maximum atomic E-state index is 10.7. The number of carbonyl (C=O) groups excluding carboxylic acids is 2. The SMILES string of the molecule is O=C1C[C@H]2NC(=O)C[C@H]2N1. The van der Waals surface area contributed by atoms with Crippen molar-refractivity contribution in [2.24, 2.45) is 0 Å². The first-order valence-corrected chi connectivity index (χ1v) is 3.34. The highest BCUT2D eigenvalue weighted by Gasteiger charge is 2.39. The van der Waals surface area contributed by atoms with E-state index < -0.39 is 0 Å². The maximum absolute atomic E-state index is 10.7. The van der Waals surface area contributed by atoms with Gasteiger partial charge in [0.15, 0.2) is 0 Å². The second-order valence-corrected chi connectivity index (χ2v) is 2.76. The van der Waals surface area contributed by atoms with E-state index in [2.05, 4.69) is 10.6 Å². The number of rotatable bonds is 0. The zero-order chi connectivity index (χ0) is 7.14. The van der Waals surface area contributed by atoms with Gasteiger partial charge in [0.1, 0.15) is 0 Å². The average Bonchev–Trinajstić information content (AvgIpc) is 2.21. The lowest BCUT2D eigenvalue weighted by molar-refractivity contribution is -0.121. The van der Waals surface area contributed by atoms with Crippen LogP contribution in [0.5, 0.6) is 0 Å². The maximum Gasteiger partial charge on any atom is 0.222 e. The molecule has 2 aliphatic heterocycles. The van der Waals surface area contributed by atoms with Crippen molar-refractivity contribution in [2.75, 3.05) is 0 Å². The summed E-state index contributed by atoms with van der Waals surface area (Å²) in [4.78, 5) is 21.4. The summed E-state index contributed by atoms with van der Waals surface area (Å²) in [5, 5.41) is 5.45. The van der Waals surface area contributed by atoms with Gasteiger partial charge in [0, 0.05) is 12.8 Å². The normalized spacial score (nSPS) is 37.2. The van der Waals surface area contributed by atoms with E-state index in [9.17, 15) is 9.59 Å². The molecule has 0 aliphatic carbocycles. The Balaban J connectivity index is 2.12. The molecule has 10 heavy (non-hydrogen) atoms. The number of hydrogen-bond donors (Lipinski definition) is 2. The zero-order valence-electron chi connectivity index (χ0n) is 5.39. The highest BCUT2D eigenvalue weighted by atomic mass is 16.2. The van der Waals surface area contributed by atoms with Gasteiger partial charge in [0.25, 0.3) is 0 Å². The minimum Gasteiger partial charge on any atom is -0.351 e. The average molecular weight is 140 g/mol. The summed E-state index contributed by atoms with van der Waals surface area (Å²) in [7, 11) is 0. The largest absolute Gasteiger partial charge is 0.351 e. The molecule has 0 saturated carbocycles. The number of carbonyl (C=O) groups is 2. The van der Waals surface area contributed by atoms with Gasteiger partial charge in [-0.3, -0.25) is 9.59 Å². The Kier molecular flexibility index (Phi) is 0.977. The fourth-order valence-corrected chi connectivity index (χ4v) is 1.52. The molecule has 2 heterocycles. The molecule has 2 atom stereocenters. The quantitative estimate of drug-likeness (QED) is 0.442. The first-order chi connectivity index (χ1) is 4.75. The third-order valence-electron chi connectivity index (χ3n) is 1.99. The molecule has 0 radical (unpaired) electrons. The Hall–Kier alpha value is -1.06. The van der Waals surface area contributed by atoms with Crippen LogP contribution in [0.4, 0.5) is 0 Å². The first-order valence-electron chi connectivity index (χ1n) is 3.34. The molecule has 2 amide bonds. The predicted octanol–water partition coefficient (Wildman–Crippen LogP) is -1.24. The van der Waals surface area contributed by atoms with Gasteiger partial charge < -0.3 is 10.6 Å². The molecule has 2 rings (SSSR count). The van der Waals surface area contributed by atoms with E-state index in [1.807, 2.05) is 0 Å². The minimum absolute atomic E-state index is 0.0509. The fraction of sp³-hybridized carbons (Fsp3) is 0.667. The number of amides is 2. The molecule has 0 aromatic carbocycles. The van der Waals surface area contributed by atoms with Gasteiger partial charge in [-0.2, -0.15) is 0 Å². The third-order valence-corrected chi connectivity index (χ3v) is 1.99. The van der Waals surface area contributed by atoms with Gasteiger partial charge in [-0.1, -0.05) is 0 Å². The van der Waals surface area contributed by atoms with Crippen LogP contribution in [0.1, 0.15) is 12.8 Å². The summed E-state index contributed by atoms with van der Waals surface area (Å²) < 4.78 is 0. The zero-order valence-corrected chi connectivity index (χ0v) is 5.39. The molecule has 2 aliphatic rings. The summed E-state index contributed by atoms with van der Waals surface area (Å²) >= 11 is 0. The Morgan fingerprint density at radius 2 is 1.40 bits per heavy atom. The molecule has 2 saturated heterocycles. The molecule has 54 valence electrons. The van der Waals surface area contributed by atoms with Crippen LogP contribution in [-0.2, 0) is 9.59 Å². The van der Waals surface area contributed by atoms with Gasteiger partial charge >= 0.3 is 0 Å². The molecule has 0 aromatic heterocycles. The first kappa shape index (κ1) is 5.70. The molecule has 4 heteroatoms. The van der Waals surface area contributed by atoms with Crippen LogP contribution in [0.15, 0.2) is 0 Å². The molecular weight excluding hydrogens is 132 g/mol. The molecule has 0 aromatic rings. The van der Waals surface area contributed by atoms with E-state index in [1.54, 1.807) is 0 Å². The van der Waals surface area contributed by atoms with E-state index in [4.69, 9.17) is 0 Å². The highest BCUT2D eigenvalue weighted by Crippen LogP contribution is 2.16. The van der Waals surface area contributed by atoms with Crippen molar-refractivity contribution >= 4 is 11.8 Å². The smallest absolute Gasteiger partial charge is 0.222 e. The van der Waals surface area contributed by atoms with E-state index in [0.717, 1.165) is 0 Å². The van der Waals surface area contributed by atoms with Gasteiger partial charge in [0.2, 0.25) is 11.8 Å². The second kappa shape index (κ2) is 1.71. The van der Waals surface area contributed by atoms with Crippen molar-refractivity contribution < 1.29 is 9.59 Å². The Bertz CT molecular complexity index is 164. The number of fused-ring (bicyclic) bond motifs is 1. The summed E-state index contributed by atoms with van der Waals surface area (Å²) in [6, 6.07) is 0.139. The van der Waals surface area contributed by atoms with Crippen LogP contribution < -0.4 is 10.6 Å². The Labute approximate surface area is 58.0 Å². The summed E-state index contributed by atoms with van der Waals surface area (Å²) in [5.74, 6) is 0.102. The molecule has 2 N–H and O–H groups in total. The summed E-state index contributed by atoms with van der Waals surface area (Å²) in [6.45, 7) is 0. The topological polar surface area (TPSA) is 58.2 Å². The number of nitrogens with one attached hydrogen (secondary N) is 2. The second-order valence-electron chi connectivity index (χ2n) is 2.76. The molecule has 4 nitrogen and oxygen atoms in total. The summed E-state index contributed by atoms with van der Waals surface area (Å²) in [6.07, 6.45) is 0.910. The molecule has 2 fully saturated rings. The molecular formula is C6H8N2O2. The van der Waals surface area contributed by atoms with Crippen molar-refractivity contribution in [3.05, 3.63) is 0 Å². The lowest BCUT2D eigenvalue weighted by Gasteiger charge is -2.03. The summed E-state index contributed by atoms with van der Waals surface area (Å²) in [5.41, 5.74) is 0.